The van der Waals surface area contributed by atoms with Crippen LogP contribution in [0.15, 0.2) is 24.4 Å². The lowest BCUT2D eigenvalue weighted by molar-refractivity contribution is 0.831. The molecule has 2 N–H and O–H groups in total. The van der Waals surface area contributed by atoms with Crippen LogP contribution in [0.2, 0.25) is 0 Å². The molecule has 0 spiro atoms. The molecule has 0 aromatic carbocycles. The Morgan fingerprint density at radius 2 is 2.20 bits per heavy atom. The summed E-state index contributed by atoms with van der Waals surface area (Å²) in [6, 6.07) is 7.18. The summed E-state index contributed by atoms with van der Waals surface area (Å²) in [7, 11) is 0. The molecule has 2 heterocycles. The minimum absolute atomic E-state index is 0.223. The lowest BCUT2D eigenvalue weighted by atomic mass is 10.3. The standard InChI is InChI=1S/C10H9N5/c1-7-4-5-15(14-7)10-3-2-8(12)9(6-11)13-10/h2-5H,12H2,1H3. The van der Waals surface area contributed by atoms with Crippen LogP contribution in [0.3, 0.4) is 0 Å². The van der Waals surface area contributed by atoms with E-state index in [4.69, 9.17) is 11.0 Å². The highest BCUT2D eigenvalue weighted by Crippen LogP contribution is 2.11. The van der Waals surface area contributed by atoms with E-state index in [2.05, 4.69) is 10.1 Å². The third kappa shape index (κ3) is 1.65. The number of nitrogen functional groups attached to an aromatic ring is 1. The molecule has 2 aromatic heterocycles. The number of rotatable bonds is 1. The molecule has 0 bridgehead atoms. The molecule has 0 aliphatic carbocycles. The van der Waals surface area contributed by atoms with Gasteiger partial charge in [0.1, 0.15) is 6.07 Å². The molecule has 0 fully saturated rings. The van der Waals surface area contributed by atoms with E-state index in [-0.39, 0.29) is 5.69 Å². The SMILES string of the molecule is Cc1ccn(-c2ccc(N)c(C#N)n2)n1. The van der Waals surface area contributed by atoms with Crippen molar-refractivity contribution < 1.29 is 0 Å². The highest BCUT2D eigenvalue weighted by molar-refractivity contribution is 5.51. The van der Waals surface area contributed by atoms with Crippen LogP contribution < -0.4 is 5.73 Å². The van der Waals surface area contributed by atoms with Crippen LogP contribution in [0.4, 0.5) is 5.69 Å². The zero-order chi connectivity index (χ0) is 10.8. The fraction of sp³-hybridized carbons (Fsp3) is 0.100. The second-order valence-corrected chi connectivity index (χ2v) is 3.12. The van der Waals surface area contributed by atoms with Crippen LogP contribution in [0.25, 0.3) is 5.82 Å². The van der Waals surface area contributed by atoms with Crippen molar-refractivity contribution in [2.45, 2.75) is 6.92 Å². The van der Waals surface area contributed by atoms with Gasteiger partial charge >= 0.3 is 0 Å². The van der Waals surface area contributed by atoms with Gasteiger partial charge in [-0.25, -0.2) is 9.67 Å². The van der Waals surface area contributed by atoms with E-state index in [0.717, 1.165) is 5.69 Å². The van der Waals surface area contributed by atoms with Crippen LogP contribution in [-0.4, -0.2) is 14.8 Å². The van der Waals surface area contributed by atoms with Gasteiger partial charge < -0.3 is 5.73 Å². The number of pyridine rings is 1. The topological polar surface area (TPSA) is 80.5 Å². The Kier molecular flexibility index (Phi) is 2.10. The van der Waals surface area contributed by atoms with E-state index in [0.29, 0.717) is 11.5 Å². The molecule has 0 radical (unpaired) electrons. The van der Waals surface area contributed by atoms with Crippen LogP contribution in [-0.2, 0) is 0 Å². The molecule has 0 atom stereocenters. The summed E-state index contributed by atoms with van der Waals surface area (Å²) in [6.45, 7) is 1.89. The van der Waals surface area contributed by atoms with Crippen molar-refractivity contribution in [3.63, 3.8) is 0 Å². The zero-order valence-electron chi connectivity index (χ0n) is 8.18. The highest BCUT2D eigenvalue weighted by atomic mass is 15.3. The van der Waals surface area contributed by atoms with Gasteiger partial charge in [-0.1, -0.05) is 0 Å². The van der Waals surface area contributed by atoms with Crippen LogP contribution in [0, 0.1) is 18.3 Å². The second kappa shape index (κ2) is 3.42. The van der Waals surface area contributed by atoms with Crippen molar-refractivity contribution in [3.05, 3.63) is 35.8 Å². The maximum atomic E-state index is 8.77. The molecule has 0 saturated heterocycles. The molecule has 5 nitrogen and oxygen atoms in total. The predicted octanol–water partition coefficient (Wildman–Crippen LogP) is 1.03. The zero-order valence-corrected chi connectivity index (χ0v) is 8.18. The normalized spacial score (nSPS) is 9.87. The monoisotopic (exact) mass is 199 g/mol. The van der Waals surface area contributed by atoms with Crippen LogP contribution >= 0.6 is 0 Å². The molecule has 15 heavy (non-hydrogen) atoms. The number of nitrogens with two attached hydrogens (primary N) is 1. The number of hydrogen-bond donors (Lipinski definition) is 1. The average Bonchev–Trinajstić information content (AvgIpc) is 2.66. The van der Waals surface area contributed by atoms with Crippen molar-refractivity contribution in [2.24, 2.45) is 0 Å². The van der Waals surface area contributed by atoms with Crippen molar-refractivity contribution in [1.82, 2.24) is 14.8 Å². The van der Waals surface area contributed by atoms with Gasteiger partial charge in [-0.05, 0) is 25.1 Å². The van der Waals surface area contributed by atoms with Gasteiger partial charge in [0.15, 0.2) is 11.5 Å². The average molecular weight is 199 g/mol. The summed E-state index contributed by atoms with van der Waals surface area (Å²) in [5, 5.41) is 13.0. The Bertz CT molecular complexity index is 535. The first-order chi connectivity index (χ1) is 7.20. The molecular formula is C10H9N5. The van der Waals surface area contributed by atoms with Gasteiger partial charge in [0.2, 0.25) is 0 Å². The fourth-order valence-corrected chi connectivity index (χ4v) is 1.22. The first kappa shape index (κ1) is 9.21. The van der Waals surface area contributed by atoms with E-state index in [1.165, 1.54) is 0 Å². The van der Waals surface area contributed by atoms with Gasteiger partial charge in [0.25, 0.3) is 0 Å². The molecule has 0 aliphatic rings. The number of anilines is 1. The molecule has 0 aliphatic heterocycles. The third-order valence-corrected chi connectivity index (χ3v) is 1.97. The Morgan fingerprint density at radius 3 is 2.80 bits per heavy atom. The number of aryl methyl sites for hydroxylation is 1. The lowest BCUT2D eigenvalue weighted by Gasteiger charge is -2.01. The van der Waals surface area contributed by atoms with Gasteiger partial charge in [-0.15, -0.1) is 0 Å². The van der Waals surface area contributed by atoms with Gasteiger partial charge in [0.05, 0.1) is 11.4 Å². The predicted molar refractivity (Wildman–Crippen MR) is 55.2 cm³/mol. The highest BCUT2D eigenvalue weighted by Gasteiger charge is 2.04. The molecule has 2 aromatic rings. The van der Waals surface area contributed by atoms with E-state index in [1.54, 1.807) is 23.0 Å². The summed E-state index contributed by atoms with van der Waals surface area (Å²) in [6.07, 6.45) is 1.79. The van der Waals surface area contributed by atoms with Crippen LogP contribution in [0.5, 0.6) is 0 Å². The van der Waals surface area contributed by atoms with E-state index in [9.17, 15) is 0 Å². The number of aromatic nitrogens is 3. The van der Waals surface area contributed by atoms with Gasteiger partial charge in [-0.2, -0.15) is 10.4 Å². The first-order valence-electron chi connectivity index (χ1n) is 4.40. The van der Waals surface area contributed by atoms with E-state index < -0.39 is 0 Å². The Hall–Kier alpha value is -2.35. The first-order valence-corrected chi connectivity index (χ1v) is 4.40. The summed E-state index contributed by atoms with van der Waals surface area (Å²) >= 11 is 0. The molecule has 74 valence electrons. The van der Waals surface area contributed by atoms with E-state index >= 15 is 0 Å². The van der Waals surface area contributed by atoms with Crippen molar-refractivity contribution in [3.8, 4) is 11.9 Å². The smallest absolute Gasteiger partial charge is 0.165 e. The van der Waals surface area contributed by atoms with E-state index in [1.807, 2.05) is 19.1 Å². The minimum atomic E-state index is 0.223. The maximum Gasteiger partial charge on any atom is 0.165 e. The Morgan fingerprint density at radius 1 is 1.40 bits per heavy atom. The second-order valence-electron chi connectivity index (χ2n) is 3.12. The Labute approximate surface area is 86.8 Å². The number of hydrogen-bond acceptors (Lipinski definition) is 4. The molecule has 0 saturated carbocycles. The molecule has 0 unspecified atom stereocenters. The lowest BCUT2D eigenvalue weighted by Crippen LogP contribution is -2.02. The largest absolute Gasteiger partial charge is 0.396 e. The van der Waals surface area contributed by atoms with Crippen LogP contribution in [0.1, 0.15) is 11.4 Å². The van der Waals surface area contributed by atoms with Gasteiger partial charge in [0, 0.05) is 6.20 Å². The summed E-state index contributed by atoms with van der Waals surface area (Å²) in [5.74, 6) is 0.592. The molecule has 5 heteroatoms. The van der Waals surface area contributed by atoms with Crippen molar-refractivity contribution in [1.29, 1.82) is 5.26 Å². The Balaban J connectivity index is 2.51. The molecule has 0 amide bonds. The molecular weight excluding hydrogens is 190 g/mol. The fourth-order valence-electron chi connectivity index (χ4n) is 1.22. The molecule has 2 rings (SSSR count). The number of nitriles is 1. The van der Waals surface area contributed by atoms with Gasteiger partial charge in [-0.3, -0.25) is 0 Å². The third-order valence-electron chi connectivity index (χ3n) is 1.97. The maximum absolute atomic E-state index is 8.77. The van der Waals surface area contributed by atoms with Crippen molar-refractivity contribution in [2.75, 3.05) is 5.73 Å². The summed E-state index contributed by atoms with van der Waals surface area (Å²) < 4.78 is 1.61. The summed E-state index contributed by atoms with van der Waals surface area (Å²) in [5.41, 5.74) is 7.07. The van der Waals surface area contributed by atoms with Crippen molar-refractivity contribution >= 4 is 5.69 Å². The summed E-state index contributed by atoms with van der Waals surface area (Å²) in [4.78, 5) is 4.09. The minimum Gasteiger partial charge on any atom is -0.396 e. The quantitative estimate of drug-likeness (QED) is 0.743. The number of nitrogens with zero attached hydrogens (tertiary/aromatic N) is 4.